The number of nitrogens with zero attached hydrogens (tertiary/aromatic N) is 2. The molecule has 5 heteroatoms. The number of hydrogen-bond acceptors (Lipinski definition) is 3. The van der Waals surface area contributed by atoms with Crippen LogP contribution in [0.4, 0.5) is 5.82 Å². The Kier molecular flexibility index (Phi) is 3.79. The van der Waals surface area contributed by atoms with Gasteiger partial charge in [-0.2, -0.15) is 0 Å². The van der Waals surface area contributed by atoms with Crippen molar-refractivity contribution in [1.29, 1.82) is 0 Å². The molecule has 1 heterocycles. The van der Waals surface area contributed by atoms with Gasteiger partial charge in [0.15, 0.2) is 0 Å². The van der Waals surface area contributed by atoms with Crippen LogP contribution in [-0.2, 0) is 6.42 Å². The maximum absolute atomic E-state index is 5.80. The molecule has 0 aliphatic carbocycles. The summed E-state index contributed by atoms with van der Waals surface area (Å²) in [5.41, 5.74) is 7.81. The van der Waals surface area contributed by atoms with E-state index in [1.807, 2.05) is 31.2 Å². The first kappa shape index (κ1) is 12.5. The van der Waals surface area contributed by atoms with Crippen molar-refractivity contribution in [2.24, 2.45) is 0 Å². The van der Waals surface area contributed by atoms with Crippen LogP contribution in [0, 0.1) is 6.92 Å². The van der Waals surface area contributed by atoms with Gasteiger partial charge in [-0.15, -0.1) is 0 Å². The molecule has 0 saturated heterocycles. The normalized spacial score (nSPS) is 10.5. The minimum atomic E-state index is 0.486. The lowest BCUT2D eigenvalue weighted by atomic mass is 10.1. The molecule has 0 fully saturated rings. The van der Waals surface area contributed by atoms with Gasteiger partial charge >= 0.3 is 0 Å². The molecule has 1 aromatic heterocycles. The quantitative estimate of drug-likeness (QED) is 0.896. The van der Waals surface area contributed by atoms with Crippen LogP contribution in [0.1, 0.15) is 17.1 Å². The highest BCUT2D eigenvalue weighted by Gasteiger charge is 2.08. The van der Waals surface area contributed by atoms with Gasteiger partial charge in [-0.3, -0.25) is 0 Å². The zero-order chi connectivity index (χ0) is 12.4. The van der Waals surface area contributed by atoms with Gasteiger partial charge in [0.25, 0.3) is 0 Å². The minimum Gasteiger partial charge on any atom is -0.383 e. The van der Waals surface area contributed by atoms with E-state index in [1.54, 1.807) is 0 Å². The summed E-state index contributed by atoms with van der Waals surface area (Å²) in [4.78, 5) is 8.68. The van der Waals surface area contributed by atoms with Crippen molar-refractivity contribution in [2.45, 2.75) is 13.3 Å². The molecule has 2 rings (SSSR count). The van der Waals surface area contributed by atoms with E-state index in [0.717, 1.165) is 26.0 Å². The van der Waals surface area contributed by atoms with E-state index in [-0.39, 0.29) is 0 Å². The first-order valence-corrected chi connectivity index (χ1v) is 6.68. The molecule has 0 spiro atoms. The topological polar surface area (TPSA) is 51.8 Å². The highest BCUT2D eigenvalue weighted by atomic mass is 79.9. The SMILES string of the molecule is Cc1nc(Cc2ccccc2Br)nc(N)c1Br. The second-order valence-electron chi connectivity index (χ2n) is 3.69. The Morgan fingerprint density at radius 1 is 1.18 bits per heavy atom. The van der Waals surface area contributed by atoms with E-state index in [1.165, 1.54) is 0 Å². The van der Waals surface area contributed by atoms with Crippen LogP contribution in [0.15, 0.2) is 33.2 Å². The van der Waals surface area contributed by atoms with Crippen LogP contribution in [0.2, 0.25) is 0 Å². The van der Waals surface area contributed by atoms with E-state index in [9.17, 15) is 0 Å². The molecule has 0 atom stereocenters. The molecule has 1 aromatic carbocycles. The third-order valence-corrected chi connectivity index (χ3v) is 4.15. The molecule has 0 aliphatic rings. The Labute approximate surface area is 117 Å². The zero-order valence-corrected chi connectivity index (χ0v) is 12.4. The fourth-order valence-corrected chi connectivity index (χ4v) is 2.13. The predicted molar refractivity (Wildman–Crippen MR) is 75.8 cm³/mol. The summed E-state index contributed by atoms with van der Waals surface area (Å²) in [7, 11) is 0. The minimum absolute atomic E-state index is 0.486. The van der Waals surface area contributed by atoms with Crippen LogP contribution in [0.25, 0.3) is 0 Å². The molecule has 0 saturated carbocycles. The number of aryl methyl sites for hydroxylation is 1. The molecule has 88 valence electrons. The third-order valence-electron chi connectivity index (χ3n) is 2.40. The Balaban J connectivity index is 2.34. The summed E-state index contributed by atoms with van der Waals surface area (Å²) in [6.07, 6.45) is 0.666. The monoisotopic (exact) mass is 355 g/mol. The molecule has 2 N–H and O–H groups in total. The number of halogens is 2. The molecule has 0 amide bonds. The number of rotatable bonds is 2. The lowest BCUT2D eigenvalue weighted by molar-refractivity contribution is 0.938. The van der Waals surface area contributed by atoms with Crippen LogP contribution >= 0.6 is 31.9 Å². The summed E-state index contributed by atoms with van der Waals surface area (Å²) in [5, 5.41) is 0. The molecule has 17 heavy (non-hydrogen) atoms. The van der Waals surface area contributed by atoms with Gasteiger partial charge in [0.2, 0.25) is 0 Å². The Hall–Kier alpha value is -0.940. The van der Waals surface area contributed by atoms with Gasteiger partial charge in [-0.1, -0.05) is 34.1 Å². The molecule has 0 bridgehead atoms. The van der Waals surface area contributed by atoms with Gasteiger partial charge in [-0.05, 0) is 34.5 Å². The van der Waals surface area contributed by atoms with Crippen LogP contribution in [0.3, 0.4) is 0 Å². The van der Waals surface area contributed by atoms with Crippen molar-refractivity contribution in [3.63, 3.8) is 0 Å². The smallest absolute Gasteiger partial charge is 0.141 e. The van der Waals surface area contributed by atoms with Crippen LogP contribution in [-0.4, -0.2) is 9.97 Å². The fraction of sp³-hybridized carbons (Fsp3) is 0.167. The molecular weight excluding hydrogens is 346 g/mol. The maximum Gasteiger partial charge on any atom is 0.141 e. The van der Waals surface area contributed by atoms with Crippen molar-refractivity contribution in [3.05, 3.63) is 50.3 Å². The van der Waals surface area contributed by atoms with Crippen LogP contribution in [0.5, 0.6) is 0 Å². The van der Waals surface area contributed by atoms with E-state index in [4.69, 9.17) is 5.73 Å². The molecule has 3 nitrogen and oxygen atoms in total. The Bertz CT molecular complexity index is 532. The second kappa shape index (κ2) is 5.14. The van der Waals surface area contributed by atoms with E-state index < -0.39 is 0 Å². The molecule has 0 aliphatic heterocycles. The van der Waals surface area contributed by atoms with E-state index in [0.29, 0.717) is 12.2 Å². The molecule has 0 unspecified atom stereocenters. The van der Waals surface area contributed by atoms with Crippen molar-refractivity contribution < 1.29 is 0 Å². The number of hydrogen-bond donors (Lipinski definition) is 1. The predicted octanol–water partition coefficient (Wildman–Crippen LogP) is 3.48. The highest BCUT2D eigenvalue weighted by Crippen LogP contribution is 2.22. The summed E-state index contributed by atoms with van der Waals surface area (Å²) in [5.74, 6) is 1.22. The lowest BCUT2D eigenvalue weighted by Crippen LogP contribution is -2.04. The summed E-state index contributed by atoms with van der Waals surface area (Å²) in [6.45, 7) is 1.91. The largest absolute Gasteiger partial charge is 0.383 e. The van der Waals surface area contributed by atoms with Crippen molar-refractivity contribution in [1.82, 2.24) is 9.97 Å². The van der Waals surface area contributed by atoms with Gasteiger partial charge in [-0.25, -0.2) is 9.97 Å². The lowest BCUT2D eigenvalue weighted by Gasteiger charge is -2.07. The van der Waals surface area contributed by atoms with E-state index >= 15 is 0 Å². The molecular formula is C12H11Br2N3. The standard InChI is InChI=1S/C12H11Br2N3/c1-7-11(14)12(15)17-10(16-7)6-8-4-2-3-5-9(8)13/h2-5H,6H2,1H3,(H2,15,16,17). The van der Waals surface area contributed by atoms with Crippen LogP contribution < -0.4 is 5.73 Å². The number of aromatic nitrogens is 2. The molecule has 2 aromatic rings. The number of benzene rings is 1. The fourth-order valence-electron chi connectivity index (χ4n) is 1.53. The first-order valence-electron chi connectivity index (χ1n) is 5.10. The third kappa shape index (κ3) is 2.84. The first-order chi connectivity index (χ1) is 8.08. The van der Waals surface area contributed by atoms with Crippen molar-refractivity contribution in [2.75, 3.05) is 5.73 Å². The summed E-state index contributed by atoms with van der Waals surface area (Å²) < 4.78 is 1.83. The maximum atomic E-state index is 5.80. The van der Waals surface area contributed by atoms with E-state index in [2.05, 4.69) is 41.8 Å². The van der Waals surface area contributed by atoms with Gasteiger partial charge in [0.05, 0.1) is 10.2 Å². The van der Waals surface area contributed by atoms with Gasteiger partial charge in [0.1, 0.15) is 11.6 Å². The Morgan fingerprint density at radius 3 is 2.53 bits per heavy atom. The summed E-state index contributed by atoms with van der Waals surface area (Å²) >= 11 is 6.86. The van der Waals surface area contributed by atoms with Crippen molar-refractivity contribution >= 4 is 37.7 Å². The number of anilines is 1. The Morgan fingerprint density at radius 2 is 1.88 bits per heavy atom. The van der Waals surface area contributed by atoms with Gasteiger partial charge in [0, 0.05) is 10.9 Å². The number of nitrogens with two attached hydrogens (primary N) is 1. The average Bonchev–Trinajstić information content (AvgIpc) is 2.29. The summed E-state index contributed by atoms with van der Waals surface area (Å²) in [6, 6.07) is 8.02. The van der Waals surface area contributed by atoms with Crippen molar-refractivity contribution in [3.8, 4) is 0 Å². The van der Waals surface area contributed by atoms with Gasteiger partial charge < -0.3 is 5.73 Å². The second-order valence-corrected chi connectivity index (χ2v) is 5.34. The highest BCUT2D eigenvalue weighted by molar-refractivity contribution is 9.11. The molecule has 0 radical (unpaired) electrons. The average molecular weight is 357 g/mol. The zero-order valence-electron chi connectivity index (χ0n) is 9.24. The number of nitrogen functional groups attached to an aromatic ring is 1.